The summed E-state index contributed by atoms with van der Waals surface area (Å²) in [7, 11) is 1.55. The lowest BCUT2D eigenvalue weighted by Gasteiger charge is -2.15. The van der Waals surface area contributed by atoms with Gasteiger partial charge in [-0.05, 0) is 30.2 Å². The lowest BCUT2D eigenvalue weighted by atomic mass is 9.90. The lowest BCUT2D eigenvalue weighted by molar-refractivity contribution is -0.137. The molecule has 1 unspecified atom stereocenters. The van der Waals surface area contributed by atoms with Crippen LogP contribution in [0.2, 0.25) is 0 Å². The van der Waals surface area contributed by atoms with Crippen molar-refractivity contribution in [2.75, 3.05) is 7.11 Å². The molecule has 0 aromatic heterocycles. The Hall–Kier alpha value is -2.36. The van der Waals surface area contributed by atoms with Crippen molar-refractivity contribution in [1.29, 1.82) is 0 Å². The van der Waals surface area contributed by atoms with Gasteiger partial charge in [-0.25, -0.2) is 4.39 Å². The largest absolute Gasteiger partial charge is 0.496 e. The summed E-state index contributed by atoms with van der Waals surface area (Å²) < 4.78 is 19.0. The van der Waals surface area contributed by atoms with E-state index in [9.17, 15) is 14.3 Å². The highest BCUT2D eigenvalue weighted by atomic mass is 19.1. The van der Waals surface area contributed by atoms with E-state index < -0.39 is 17.7 Å². The van der Waals surface area contributed by atoms with Crippen molar-refractivity contribution in [3.63, 3.8) is 0 Å². The predicted molar refractivity (Wildman–Crippen MR) is 73.6 cm³/mol. The van der Waals surface area contributed by atoms with Crippen LogP contribution in [0.15, 0.2) is 42.5 Å². The van der Waals surface area contributed by atoms with E-state index in [1.54, 1.807) is 31.4 Å². The van der Waals surface area contributed by atoms with E-state index >= 15 is 0 Å². The minimum Gasteiger partial charge on any atom is -0.496 e. The Bertz CT molecular complexity index is 637. The van der Waals surface area contributed by atoms with Crippen molar-refractivity contribution in [2.45, 2.75) is 12.8 Å². The van der Waals surface area contributed by atoms with Crippen LogP contribution in [0.5, 0.6) is 5.75 Å². The molecule has 0 saturated carbocycles. The third kappa shape index (κ3) is 2.64. The number of methoxy groups -OCH3 is 1. The number of halogens is 1. The molecular formula is C16H15FO3. The molecule has 104 valence electrons. The van der Waals surface area contributed by atoms with E-state index in [-0.39, 0.29) is 5.56 Å². The Labute approximate surface area is 116 Å². The maximum absolute atomic E-state index is 13.8. The minimum absolute atomic E-state index is 0.157. The molecule has 2 aromatic carbocycles. The van der Waals surface area contributed by atoms with E-state index in [4.69, 9.17) is 4.74 Å². The van der Waals surface area contributed by atoms with E-state index in [0.29, 0.717) is 11.3 Å². The Morgan fingerprint density at radius 1 is 1.25 bits per heavy atom. The topological polar surface area (TPSA) is 46.5 Å². The minimum atomic E-state index is -1.08. The molecule has 20 heavy (non-hydrogen) atoms. The Kier molecular flexibility index (Phi) is 4.03. The molecule has 0 aliphatic rings. The van der Waals surface area contributed by atoms with Gasteiger partial charge in [-0.15, -0.1) is 0 Å². The van der Waals surface area contributed by atoms with Gasteiger partial charge in [-0.3, -0.25) is 4.79 Å². The van der Waals surface area contributed by atoms with Gasteiger partial charge in [0.2, 0.25) is 0 Å². The van der Waals surface area contributed by atoms with E-state index in [2.05, 4.69) is 0 Å². The number of ether oxygens (including phenoxy) is 1. The Morgan fingerprint density at radius 2 is 1.95 bits per heavy atom. The van der Waals surface area contributed by atoms with E-state index in [0.717, 1.165) is 5.56 Å². The summed E-state index contributed by atoms with van der Waals surface area (Å²) in [6.45, 7) is 1.82. The van der Waals surface area contributed by atoms with Crippen molar-refractivity contribution in [3.8, 4) is 5.75 Å². The van der Waals surface area contributed by atoms with Crippen LogP contribution >= 0.6 is 0 Å². The molecular weight excluding hydrogens is 259 g/mol. The first-order valence-corrected chi connectivity index (χ1v) is 6.16. The van der Waals surface area contributed by atoms with Crippen LogP contribution in [-0.2, 0) is 4.79 Å². The summed E-state index contributed by atoms with van der Waals surface area (Å²) in [5.41, 5.74) is 1.50. The molecule has 0 fully saturated rings. The molecule has 0 radical (unpaired) electrons. The molecule has 2 rings (SSSR count). The number of carboxylic acid groups (broad SMARTS) is 1. The second kappa shape index (κ2) is 5.74. The molecule has 1 N–H and O–H groups in total. The van der Waals surface area contributed by atoms with Crippen molar-refractivity contribution < 1.29 is 19.0 Å². The van der Waals surface area contributed by atoms with Crippen molar-refractivity contribution >= 4 is 5.97 Å². The van der Waals surface area contributed by atoms with Crippen molar-refractivity contribution in [1.82, 2.24) is 0 Å². The predicted octanol–water partition coefficient (Wildman–Crippen LogP) is 3.36. The van der Waals surface area contributed by atoms with Gasteiger partial charge in [-0.1, -0.05) is 30.3 Å². The van der Waals surface area contributed by atoms with Crippen LogP contribution in [0.1, 0.15) is 22.6 Å². The molecule has 0 heterocycles. The summed E-state index contributed by atoms with van der Waals surface area (Å²) in [6, 6.07) is 11.0. The first-order chi connectivity index (χ1) is 9.54. The number of carboxylic acids is 1. The van der Waals surface area contributed by atoms with Crippen LogP contribution in [0, 0.1) is 12.7 Å². The molecule has 0 aliphatic heterocycles. The molecule has 0 aliphatic carbocycles. The molecule has 0 spiro atoms. The number of carbonyl (C=O) groups is 1. The quantitative estimate of drug-likeness (QED) is 0.930. The van der Waals surface area contributed by atoms with Gasteiger partial charge >= 0.3 is 5.97 Å². The van der Waals surface area contributed by atoms with Crippen molar-refractivity contribution in [3.05, 3.63) is 65.0 Å². The first-order valence-electron chi connectivity index (χ1n) is 6.16. The average Bonchev–Trinajstić information content (AvgIpc) is 2.41. The third-order valence-electron chi connectivity index (χ3n) is 3.22. The van der Waals surface area contributed by atoms with Gasteiger partial charge in [0, 0.05) is 5.56 Å². The van der Waals surface area contributed by atoms with Gasteiger partial charge in [0.1, 0.15) is 17.5 Å². The SMILES string of the molecule is COc1ccc(C(C(=O)O)c2ccccc2F)cc1C. The van der Waals surface area contributed by atoms with Gasteiger partial charge in [0.15, 0.2) is 0 Å². The Balaban J connectivity index is 2.52. The van der Waals surface area contributed by atoms with Gasteiger partial charge in [-0.2, -0.15) is 0 Å². The van der Waals surface area contributed by atoms with Crippen LogP contribution in [0.25, 0.3) is 0 Å². The summed E-state index contributed by atoms with van der Waals surface area (Å²) >= 11 is 0. The highest BCUT2D eigenvalue weighted by molar-refractivity contribution is 5.80. The number of aryl methyl sites for hydroxylation is 1. The molecule has 0 bridgehead atoms. The summed E-state index contributed by atoms with van der Waals surface area (Å²) in [4.78, 5) is 11.5. The third-order valence-corrected chi connectivity index (χ3v) is 3.22. The summed E-state index contributed by atoms with van der Waals surface area (Å²) in [6.07, 6.45) is 0. The fraction of sp³-hybridized carbons (Fsp3) is 0.188. The molecule has 3 nitrogen and oxygen atoms in total. The molecule has 4 heteroatoms. The van der Waals surface area contributed by atoms with Gasteiger partial charge in [0.05, 0.1) is 7.11 Å². The fourth-order valence-electron chi connectivity index (χ4n) is 2.25. The van der Waals surface area contributed by atoms with Crippen LogP contribution in [0.3, 0.4) is 0 Å². The lowest BCUT2D eigenvalue weighted by Crippen LogP contribution is -2.14. The fourth-order valence-corrected chi connectivity index (χ4v) is 2.25. The highest BCUT2D eigenvalue weighted by Gasteiger charge is 2.25. The number of hydrogen-bond acceptors (Lipinski definition) is 2. The molecule has 0 amide bonds. The van der Waals surface area contributed by atoms with Gasteiger partial charge < -0.3 is 9.84 Å². The molecule has 2 aromatic rings. The maximum Gasteiger partial charge on any atom is 0.315 e. The summed E-state index contributed by atoms with van der Waals surface area (Å²) in [5, 5.41) is 9.42. The van der Waals surface area contributed by atoms with E-state index in [1.807, 2.05) is 6.92 Å². The maximum atomic E-state index is 13.8. The smallest absolute Gasteiger partial charge is 0.315 e. The van der Waals surface area contributed by atoms with Crippen LogP contribution in [0.4, 0.5) is 4.39 Å². The summed E-state index contributed by atoms with van der Waals surface area (Å²) in [5.74, 6) is -1.96. The number of rotatable bonds is 4. The number of benzene rings is 2. The van der Waals surface area contributed by atoms with Gasteiger partial charge in [0.25, 0.3) is 0 Å². The second-order valence-corrected chi connectivity index (χ2v) is 4.52. The Morgan fingerprint density at radius 3 is 2.50 bits per heavy atom. The zero-order chi connectivity index (χ0) is 14.7. The van der Waals surface area contributed by atoms with Crippen LogP contribution < -0.4 is 4.74 Å². The zero-order valence-corrected chi connectivity index (χ0v) is 11.3. The molecule has 0 saturated heterocycles. The average molecular weight is 274 g/mol. The number of aliphatic carboxylic acids is 1. The van der Waals surface area contributed by atoms with Crippen LogP contribution in [-0.4, -0.2) is 18.2 Å². The zero-order valence-electron chi connectivity index (χ0n) is 11.3. The van der Waals surface area contributed by atoms with E-state index in [1.165, 1.54) is 18.2 Å². The second-order valence-electron chi connectivity index (χ2n) is 4.52. The number of hydrogen-bond donors (Lipinski definition) is 1. The standard InChI is InChI=1S/C16H15FO3/c1-10-9-11(7-8-14(10)20-2)15(16(18)19)12-5-3-4-6-13(12)17/h3-9,15H,1-2H3,(H,18,19). The molecule has 1 atom stereocenters. The highest BCUT2D eigenvalue weighted by Crippen LogP contribution is 2.30. The first kappa shape index (κ1) is 14.1. The normalized spacial score (nSPS) is 11.9. The monoisotopic (exact) mass is 274 g/mol. The van der Waals surface area contributed by atoms with Crippen molar-refractivity contribution in [2.24, 2.45) is 0 Å².